The molecule has 4 rings (SSSR count). The van der Waals surface area contributed by atoms with E-state index in [1.54, 1.807) is 30.3 Å². The average Bonchev–Trinajstić information content (AvgIpc) is 2.87. The number of hydrogen-bond donors (Lipinski definition) is 2. The van der Waals surface area contributed by atoms with Gasteiger partial charge in [0.05, 0.1) is 29.1 Å². The molecule has 1 saturated heterocycles. The third-order valence-corrected chi connectivity index (χ3v) is 5.56. The fourth-order valence-electron chi connectivity index (χ4n) is 3.97. The van der Waals surface area contributed by atoms with Crippen molar-refractivity contribution < 1.29 is 24.5 Å². The lowest BCUT2D eigenvalue weighted by Gasteiger charge is -2.18. The molecule has 2 aliphatic heterocycles. The molecular formula is C22H23N2O5+. The number of ether oxygens (including phenoxy) is 1. The molecule has 150 valence electrons. The number of rotatable bonds is 4. The Morgan fingerprint density at radius 2 is 1.76 bits per heavy atom. The van der Waals surface area contributed by atoms with Gasteiger partial charge in [-0.25, -0.2) is 0 Å². The van der Waals surface area contributed by atoms with Crippen LogP contribution in [0, 0.1) is 10.1 Å². The van der Waals surface area contributed by atoms with Crippen LogP contribution in [0.25, 0.3) is 6.08 Å². The summed E-state index contributed by atoms with van der Waals surface area (Å²) in [4.78, 5) is 24.5. The second-order valence-corrected chi connectivity index (χ2v) is 7.57. The molecule has 0 saturated carbocycles. The number of carbonyl (C=O) groups is 1. The van der Waals surface area contributed by atoms with Crippen LogP contribution in [-0.2, 0) is 6.54 Å². The summed E-state index contributed by atoms with van der Waals surface area (Å²) in [5.74, 6) is 0.488. The van der Waals surface area contributed by atoms with Crippen molar-refractivity contribution in [1.29, 1.82) is 0 Å². The molecule has 0 aromatic heterocycles. The van der Waals surface area contributed by atoms with E-state index >= 15 is 0 Å². The molecule has 0 atom stereocenters. The van der Waals surface area contributed by atoms with Crippen molar-refractivity contribution in [2.75, 3.05) is 13.1 Å². The molecule has 0 radical (unpaired) electrons. The van der Waals surface area contributed by atoms with Crippen LogP contribution in [0.1, 0.15) is 47.2 Å². The van der Waals surface area contributed by atoms with Gasteiger partial charge >= 0.3 is 0 Å². The zero-order valence-electron chi connectivity index (χ0n) is 16.0. The number of non-ortho nitro benzene ring substituents is 1. The van der Waals surface area contributed by atoms with E-state index in [9.17, 15) is 20.0 Å². The van der Waals surface area contributed by atoms with E-state index in [1.165, 1.54) is 29.9 Å². The minimum absolute atomic E-state index is 0.0123. The van der Waals surface area contributed by atoms with E-state index < -0.39 is 4.92 Å². The first-order valence-corrected chi connectivity index (χ1v) is 9.90. The molecule has 2 aliphatic rings. The molecule has 0 bridgehead atoms. The maximum absolute atomic E-state index is 12.8. The molecule has 0 amide bonds. The molecule has 1 fully saturated rings. The summed E-state index contributed by atoms with van der Waals surface area (Å²) in [6.45, 7) is 2.71. The minimum Gasteiger partial charge on any atom is -0.507 e. The second kappa shape index (κ2) is 8.05. The Bertz CT molecular complexity index is 973. The monoisotopic (exact) mass is 395 g/mol. The predicted molar refractivity (Wildman–Crippen MR) is 107 cm³/mol. The Hall–Kier alpha value is -3.19. The summed E-state index contributed by atoms with van der Waals surface area (Å²) >= 11 is 0. The van der Waals surface area contributed by atoms with E-state index in [0.29, 0.717) is 29.0 Å². The van der Waals surface area contributed by atoms with Crippen LogP contribution < -0.4 is 9.64 Å². The van der Waals surface area contributed by atoms with E-state index in [0.717, 1.165) is 25.9 Å². The number of Topliss-reactive ketones (excluding diaryl/α,β-unsaturated/α-hetero) is 1. The molecule has 2 N–H and O–H groups in total. The van der Waals surface area contributed by atoms with Crippen molar-refractivity contribution >= 4 is 17.5 Å². The molecule has 0 aliphatic carbocycles. The summed E-state index contributed by atoms with van der Waals surface area (Å²) in [5.41, 5.74) is 1.73. The van der Waals surface area contributed by atoms with Gasteiger partial charge in [-0.1, -0.05) is 0 Å². The first kappa shape index (κ1) is 19.1. The molecule has 0 unspecified atom stereocenters. The van der Waals surface area contributed by atoms with Crippen LogP contribution in [0.4, 0.5) is 5.69 Å². The number of allylic oxidation sites excluding steroid dienone is 1. The first-order valence-electron chi connectivity index (χ1n) is 9.90. The summed E-state index contributed by atoms with van der Waals surface area (Å²) < 4.78 is 5.89. The van der Waals surface area contributed by atoms with Gasteiger partial charge in [-0.15, -0.1) is 0 Å². The SMILES string of the molecule is O=C1/C(=C/c2ccc([N+](=O)[O-])cc2)Oc2c1ccc(O)c2C[NH+]1CCCCCC1. The molecule has 0 spiro atoms. The number of benzene rings is 2. The zero-order chi connectivity index (χ0) is 20.4. The maximum Gasteiger partial charge on any atom is 0.269 e. The third kappa shape index (κ3) is 4.00. The van der Waals surface area contributed by atoms with Crippen molar-refractivity contribution in [2.45, 2.75) is 32.2 Å². The highest BCUT2D eigenvalue weighted by Crippen LogP contribution is 2.39. The molecule has 2 heterocycles. The van der Waals surface area contributed by atoms with E-state index in [2.05, 4.69) is 0 Å². The minimum atomic E-state index is -0.468. The fourth-order valence-corrected chi connectivity index (χ4v) is 3.97. The Kier molecular flexibility index (Phi) is 5.31. The average molecular weight is 395 g/mol. The lowest BCUT2D eigenvalue weighted by atomic mass is 10.0. The van der Waals surface area contributed by atoms with Crippen molar-refractivity contribution in [1.82, 2.24) is 0 Å². The quantitative estimate of drug-likeness (QED) is 0.472. The number of phenols is 1. The highest BCUT2D eigenvalue weighted by Gasteiger charge is 2.32. The lowest BCUT2D eigenvalue weighted by Crippen LogP contribution is -3.10. The number of nitrogens with zero attached hydrogens (tertiary/aromatic N) is 1. The van der Waals surface area contributed by atoms with Crippen LogP contribution in [0.3, 0.4) is 0 Å². The molecule has 2 aromatic carbocycles. The molecular weight excluding hydrogens is 372 g/mol. The Balaban J connectivity index is 1.61. The number of nitro groups is 1. The van der Waals surface area contributed by atoms with Crippen molar-refractivity contribution in [3.8, 4) is 11.5 Å². The number of ketones is 1. The molecule has 29 heavy (non-hydrogen) atoms. The third-order valence-electron chi connectivity index (χ3n) is 5.56. The number of quaternary nitrogens is 1. The summed E-state index contributed by atoms with van der Waals surface area (Å²) in [6.07, 6.45) is 6.37. The van der Waals surface area contributed by atoms with Crippen LogP contribution in [0.2, 0.25) is 0 Å². The van der Waals surface area contributed by atoms with Crippen LogP contribution in [0.15, 0.2) is 42.2 Å². The maximum atomic E-state index is 12.8. The molecule has 2 aromatic rings. The van der Waals surface area contributed by atoms with E-state index in [-0.39, 0.29) is 23.0 Å². The number of aromatic hydroxyl groups is 1. The van der Waals surface area contributed by atoms with E-state index in [1.807, 2.05) is 0 Å². The summed E-state index contributed by atoms with van der Waals surface area (Å²) in [5, 5.41) is 21.2. The predicted octanol–water partition coefficient (Wildman–Crippen LogP) is 2.88. The van der Waals surface area contributed by atoms with Crippen LogP contribution in [0.5, 0.6) is 11.5 Å². The smallest absolute Gasteiger partial charge is 0.269 e. The highest BCUT2D eigenvalue weighted by atomic mass is 16.6. The Labute approximate surface area is 168 Å². The van der Waals surface area contributed by atoms with Gasteiger partial charge in [-0.05, 0) is 61.6 Å². The van der Waals surface area contributed by atoms with E-state index in [4.69, 9.17) is 4.74 Å². The van der Waals surface area contributed by atoms with Gasteiger partial charge in [0.25, 0.3) is 5.69 Å². The number of fused-ring (bicyclic) bond motifs is 1. The zero-order valence-corrected chi connectivity index (χ0v) is 16.0. The second-order valence-electron chi connectivity index (χ2n) is 7.57. The van der Waals surface area contributed by atoms with Crippen molar-refractivity contribution in [3.05, 3.63) is 69.0 Å². The standard InChI is InChI=1S/C22H22N2O5/c25-19-10-9-17-21(26)20(13-15-5-7-16(8-6-15)24(27)28)29-22(17)18(19)14-23-11-3-1-2-4-12-23/h5-10,13,25H,1-4,11-12,14H2/p+1/b20-13-. The number of nitrogens with one attached hydrogen (secondary N) is 1. The van der Waals surface area contributed by atoms with Gasteiger partial charge in [0.1, 0.15) is 12.3 Å². The number of hydrogen-bond acceptors (Lipinski definition) is 5. The number of likely N-dealkylation sites (tertiary alicyclic amines) is 1. The molecule has 7 nitrogen and oxygen atoms in total. The topological polar surface area (TPSA) is 94.1 Å². The van der Waals surface area contributed by atoms with Crippen LogP contribution in [-0.4, -0.2) is 28.9 Å². The van der Waals surface area contributed by atoms with Gasteiger partial charge in [0, 0.05) is 12.1 Å². The summed E-state index contributed by atoms with van der Waals surface area (Å²) in [6, 6.07) is 9.07. The van der Waals surface area contributed by atoms with Crippen molar-refractivity contribution in [2.24, 2.45) is 0 Å². The first-order chi connectivity index (χ1) is 14.0. The van der Waals surface area contributed by atoms with Gasteiger partial charge in [0.15, 0.2) is 11.5 Å². The summed E-state index contributed by atoms with van der Waals surface area (Å²) in [7, 11) is 0. The number of carbonyl (C=O) groups excluding carboxylic acids is 1. The largest absolute Gasteiger partial charge is 0.507 e. The lowest BCUT2D eigenvalue weighted by molar-refractivity contribution is -0.913. The van der Waals surface area contributed by atoms with Crippen molar-refractivity contribution in [3.63, 3.8) is 0 Å². The van der Waals surface area contributed by atoms with Crippen LogP contribution >= 0.6 is 0 Å². The normalized spacial score (nSPS) is 18.3. The van der Waals surface area contributed by atoms with Gasteiger partial charge < -0.3 is 14.7 Å². The highest BCUT2D eigenvalue weighted by molar-refractivity contribution is 6.15. The van der Waals surface area contributed by atoms with Gasteiger partial charge in [-0.2, -0.15) is 0 Å². The number of phenolic OH excluding ortho intramolecular Hbond substituents is 1. The Morgan fingerprint density at radius 1 is 1.07 bits per heavy atom. The van der Waals surface area contributed by atoms with Gasteiger partial charge in [-0.3, -0.25) is 14.9 Å². The molecule has 7 heteroatoms. The number of nitro benzene ring substituents is 1. The fraction of sp³-hybridized carbons (Fsp3) is 0.318. The Morgan fingerprint density at radius 3 is 2.41 bits per heavy atom. The van der Waals surface area contributed by atoms with Gasteiger partial charge in [0.2, 0.25) is 5.78 Å².